The molecule has 3 aromatic rings. The van der Waals surface area contributed by atoms with Gasteiger partial charge in [0, 0.05) is 18.2 Å². The largest absolute Gasteiger partial charge is 0.423 e. The van der Waals surface area contributed by atoms with Crippen LogP contribution in [0.4, 0.5) is 17.2 Å². The summed E-state index contributed by atoms with van der Waals surface area (Å²) in [5.74, 6) is -0.126. The summed E-state index contributed by atoms with van der Waals surface area (Å²) < 4.78 is 5.21. The summed E-state index contributed by atoms with van der Waals surface area (Å²) in [5.41, 5.74) is 3.05. The van der Waals surface area contributed by atoms with Crippen LogP contribution < -0.4 is 10.2 Å². The number of hydrogen-bond acceptors (Lipinski definition) is 9. The van der Waals surface area contributed by atoms with Gasteiger partial charge >= 0.3 is 5.97 Å². The number of aromatic nitrogens is 1. The highest BCUT2D eigenvalue weighted by atomic mass is 16.6. The molecule has 2 aromatic carbocycles. The number of anilines is 1. The van der Waals surface area contributed by atoms with Crippen LogP contribution in [-0.4, -0.2) is 27.0 Å². The van der Waals surface area contributed by atoms with Crippen LogP contribution in [-0.2, 0) is 0 Å². The van der Waals surface area contributed by atoms with Gasteiger partial charge in [0.1, 0.15) is 17.8 Å². The standard InChI is InChI=1S/C19H13N5O6/c25-19(14-2-1-3-15(10-14)23(26)27)30-17-7-4-13(5-8-17)11-21-22-18-9-6-16(12-20-18)24(28)29/h1-12H,(H,20,22)/b21-11-. The number of benzene rings is 2. The molecule has 0 aliphatic rings. The van der Waals surface area contributed by atoms with Crippen molar-refractivity contribution in [3.05, 3.63) is 98.2 Å². The van der Waals surface area contributed by atoms with Crippen LogP contribution >= 0.6 is 0 Å². The Morgan fingerprint density at radius 2 is 1.73 bits per heavy atom. The van der Waals surface area contributed by atoms with E-state index >= 15 is 0 Å². The second kappa shape index (κ2) is 9.01. The second-order valence-corrected chi connectivity index (χ2v) is 5.79. The lowest BCUT2D eigenvalue weighted by molar-refractivity contribution is -0.385. The molecule has 0 radical (unpaired) electrons. The van der Waals surface area contributed by atoms with Crippen LogP contribution in [0, 0.1) is 20.2 Å². The number of non-ortho nitro benzene ring substituents is 1. The molecule has 150 valence electrons. The molecule has 0 bridgehead atoms. The van der Waals surface area contributed by atoms with Crippen LogP contribution in [0.2, 0.25) is 0 Å². The Morgan fingerprint density at radius 3 is 2.37 bits per heavy atom. The summed E-state index contributed by atoms with van der Waals surface area (Å²) in [7, 11) is 0. The lowest BCUT2D eigenvalue weighted by Gasteiger charge is -2.04. The second-order valence-electron chi connectivity index (χ2n) is 5.79. The third-order valence-corrected chi connectivity index (χ3v) is 3.73. The number of hydrazone groups is 1. The highest BCUT2D eigenvalue weighted by Gasteiger charge is 2.13. The Bertz CT molecular complexity index is 1110. The maximum atomic E-state index is 12.1. The minimum Gasteiger partial charge on any atom is -0.423 e. The van der Waals surface area contributed by atoms with E-state index in [0.29, 0.717) is 11.4 Å². The maximum absolute atomic E-state index is 12.1. The first-order chi connectivity index (χ1) is 14.4. The quantitative estimate of drug-likeness (QED) is 0.205. The smallest absolute Gasteiger partial charge is 0.343 e. The van der Waals surface area contributed by atoms with Gasteiger partial charge in [0.2, 0.25) is 0 Å². The van der Waals surface area contributed by atoms with Crippen LogP contribution in [0.5, 0.6) is 5.75 Å². The van der Waals surface area contributed by atoms with Gasteiger partial charge in [-0.05, 0) is 42.0 Å². The molecule has 0 aliphatic carbocycles. The van der Waals surface area contributed by atoms with E-state index in [9.17, 15) is 25.0 Å². The van der Waals surface area contributed by atoms with Crippen molar-refractivity contribution >= 4 is 29.4 Å². The van der Waals surface area contributed by atoms with E-state index in [0.717, 1.165) is 12.3 Å². The highest BCUT2D eigenvalue weighted by Crippen LogP contribution is 2.17. The minimum absolute atomic E-state index is 0.0645. The lowest BCUT2D eigenvalue weighted by Crippen LogP contribution is -2.08. The van der Waals surface area contributed by atoms with Gasteiger partial charge in [-0.1, -0.05) is 6.07 Å². The van der Waals surface area contributed by atoms with E-state index < -0.39 is 15.8 Å². The van der Waals surface area contributed by atoms with E-state index in [1.165, 1.54) is 36.5 Å². The number of nitrogens with one attached hydrogen (secondary N) is 1. The number of ether oxygens (including phenoxy) is 1. The predicted octanol–water partition coefficient (Wildman–Crippen LogP) is 3.56. The molecule has 0 saturated carbocycles. The fourth-order valence-corrected chi connectivity index (χ4v) is 2.27. The monoisotopic (exact) mass is 407 g/mol. The first kappa shape index (κ1) is 20.1. The zero-order chi connectivity index (χ0) is 21.5. The summed E-state index contributed by atoms with van der Waals surface area (Å²) in [4.78, 5) is 36.2. The molecular weight excluding hydrogens is 394 g/mol. The SMILES string of the molecule is O=C(Oc1ccc(/C=N\Nc2ccc([N+](=O)[O-])cn2)cc1)c1cccc([N+](=O)[O-])c1. The Labute approximate surface area is 168 Å². The summed E-state index contributed by atoms with van der Waals surface area (Å²) in [6.45, 7) is 0. The van der Waals surface area contributed by atoms with Gasteiger partial charge in [-0.3, -0.25) is 25.7 Å². The van der Waals surface area contributed by atoms with E-state index in [-0.39, 0.29) is 22.7 Å². The van der Waals surface area contributed by atoms with Crippen molar-refractivity contribution in [2.45, 2.75) is 0 Å². The molecule has 3 rings (SSSR count). The predicted molar refractivity (Wildman–Crippen MR) is 107 cm³/mol. The van der Waals surface area contributed by atoms with Crippen molar-refractivity contribution in [1.82, 2.24) is 4.98 Å². The third kappa shape index (κ3) is 5.19. The van der Waals surface area contributed by atoms with E-state index in [4.69, 9.17) is 4.74 Å². The molecular formula is C19H13N5O6. The topological polar surface area (TPSA) is 150 Å². The van der Waals surface area contributed by atoms with Crippen molar-refractivity contribution in [1.29, 1.82) is 0 Å². The molecule has 0 unspecified atom stereocenters. The van der Waals surface area contributed by atoms with Gasteiger partial charge < -0.3 is 4.74 Å². The number of esters is 1. The lowest BCUT2D eigenvalue weighted by atomic mass is 10.2. The molecule has 0 amide bonds. The Hall–Kier alpha value is -4.67. The molecule has 11 nitrogen and oxygen atoms in total. The Balaban J connectivity index is 1.58. The molecule has 0 saturated heterocycles. The number of nitrogens with zero attached hydrogens (tertiary/aromatic N) is 4. The number of nitro groups is 2. The fourth-order valence-electron chi connectivity index (χ4n) is 2.27. The number of nitro benzene ring substituents is 1. The summed E-state index contributed by atoms with van der Waals surface area (Å²) >= 11 is 0. The van der Waals surface area contributed by atoms with E-state index in [1.54, 1.807) is 24.3 Å². The third-order valence-electron chi connectivity index (χ3n) is 3.73. The zero-order valence-electron chi connectivity index (χ0n) is 15.2. The van der Waals surface area contributed by atoms with Crippen molar-refractivity contribution in [2.24, 2.45) is 5.10 Å². The van der Waals surface area contributed by atoms with Gasteiger partial charge in [0.05, 0.1) is 21.6 Å². The van der Waals surface area contributed by atoms with Gasteiger partial charge in [-0.25, -0.2) is 9.78 Å². The van der Waals surface area contributed by atoms with Gasteiger partial charge in [0.25, 0.3) is 11.4 Å². The summed E-state index contributed by atoms with van der Waals surface area (Å²) in [5, 5.41) is 25.4. The van der Waals surface area contributed by atoms with Crippen molar-refractivity contribution < 1.29 is 19.4 Å². The first-order valence-corrected chi connectivity index (χ1v) is 8.38. The van der Waals surface area contributed by atoms with E-state index in [1.807, 2.05) is 0 Å². The number of carbonyl (C=O) groups excluding carboxylic acids is 1. The number of pyridine rings is 1. The zero-order valence-corrected chi connectivity index (χ0v) is 15.2. The molecule has 30 heavy (non-hydrogen) atoms. The minimum atomic E-state index is -0.717. The van der Waals surface area contributed by atoms with Crippen molar-refractivity contribution in [3.63, 3.8) is 0 Å². The molecule has 1 N–H and O–H groups in total. The van der Waals surface area contributed by atoms with Crippen LogP contribution in [0.25, 0.3) is 0 Å². The summed E-state index contributed by atoms with van der Waals surface area (Å²) in [6, 6.07) is 14.3. The molecule has 0 atom stereocenters. The van der Waals surface area contributed by atoms with Gasteiger partial charge in [0.15, 0.2) is 0 Å². The van der Waals surface area contributed by atoms with E-state index in [2.05, 4.69) is 15.5 Å². The Morgan fingerprint density at radius 1 is 1.00 bits per heavy atom. The van der Waals surface area contributed by atoms with Crippen LogP contribution in [0.3, 0.4) is 0 Å². The molecule has 0 fully saturated rings. The first-order valence-electron chi connectivity index (χ1n) is 8.38. The van der Waals surface area contributed by atoms with Crippen LogP contribution in [0.1, 0.15) is 15.9 Å². The number of carbonyl (C=O) groups is 1. The molecule has 0 spiro atoms. The normalized spacial score (nSPS) is 10.5. The maximum Gasteiger partial charge on any atom is 0.343 e. The van der Waals surface area contributed by atoms with Gasteiger partial charge in [-0.15, -0.1) is 0 Å². The average molecular weight is 407 g/mol. The summed E-state index contributed by atoms with van der Waals surface area (Å²) in [6.07, 6.45) is 2.59. The molecule has 1 aromatic heterocycles. The number of hydrogen-bond donors (Lipinski definition) is 1. The van der Waals surface area contributed by atoms with Crippen molar-refractivity contribution in [3.8, 4) is 5.75 Å². The van der Waals surface area contributed by atoms with Crippen LogP contribution in [0.15, 0.2) is 72.0 Å². The van der Waals surface area contributed by atoms with Crippen molar-refractivity contribution in [2.75, 3.05) is 5.43 Å². The number of rotatable bonds is 7. The highest BCUT2D eigenvalue weighted by molar-refractivity contribution is 5.91. The average Bonchev–Trinajstić information content (AvgIpc) is 2.75. The fraction of sp³-hybridized carbons (Fsp3) is 0. The molecule has 1 heterocycles. The Kier molecular flexibility index (Phi) is 6.03. The molecule has 11 heteroatoms. The molecule has 0 aliphatic heterocycles. The van der Waals surface area contributed by atoms with Gasteiger partial charge in [-0.2, -0.15) is 5.10 Å².